The monoisotopic (exact) mass is 436 g/mol. The van der Waals surface area contributed by atoms with Gasteiger partial charge >= 0.3 is 0 Å². The molecule has 0 spiro atoms. The van der Waals surface area contributed by atoms with Crippen molar-refractivity contribution in [2.75, 3.05) is 21.3 Å². The maximum absolute atomic E-state index is 5.32. The van der Waals surface area contributed by atoms with E-state index in [9.17, 15) is 0 Å². The highest BCUT2D eigenvalue weighted by Gasteiger charge is 2.13. The Labute approximate surface area is 183 Å². The van der Waals surface area contributed by atoms with E-state index in [4.69, 9.17) is 14.2 Å². The van der Waals surface area contributed by atoms with Crippen LogP contribution in [0.15, 0.2) is 86.4 Å². The second kappa shape index (κ2) is 9.28. The molecule has 0 aliphatic carbocycles. The molecule has 0 radical (unpaired) electrons. The molecule has 0 saturated heterocycles. The number of methoxy groups -OCH3 is 3. The number of hydrogen-bond donors (Lipinski definition) is 0. The zero-order valence-electron chi connectivity index (χ0n) is 16.8. The quantitative estimate of drug-likeness (QED) is 0.354. The summed E-state index contributed by atoms with van der Waals surface area (Å²) < 4.78 is 15.8. The molecule has 1 heterocycles. The van der Waals surface area contributed by atoms with Crippen molar-refractivity contribution >= 4 is 34.6 Å². The summed E-state index contributed by atoms with van der Waals surface area (Å²) in [6.45, 7) is 0. The van der Waals surface area contributed by atoms with Crippen LogP contribution in [-0.4, -0.2) is 31.3 Å². The Kier molecular flexibility index (Phi) is 6.30. The maximum Gasteiger partial charge on any atom is 0.232 e. The third-order valence-corrected chi connectivity index (χ3v) is 6.50. The molecule has 0 unspecified atom stereocenters. The zero-order chi connectivity index (χ0) is 20.9. The van der Waals surface area contributed by atoms with E-state index in [1.165, 1.54) is 0 Å². The maximum atomic E-state index is 5.32. The molecule has 152 valence electrons. The summed E-state index contributed by atoms with van der Waals surface area (Å²) in [4.78, 5) is 13.6. The van der Waals surface area contributed by atoms with Crippen LogP contribution in [0.1, 0.15) is 0 Å². The van der Waals surface area contributed by atoms with Crippen LogP contribution in [-0.2, 0) is 0 Å². The molecule has 4 aromatic rings. The molecule has 1 aromatic heterocycles. The zero-order valence-corrected chi connectivity index (χ0v) is 18.4. The molecule has 0 aliphatic heterocycles. The van der Waals surface area contributed by atoms with Crippen LogP contribution in [0.2, 0.25) is 0 Å². The van der Waals surface area contributed by atoms with Crippen LogP contribution in [0, 0.1) is 0 Å². The van der Waals surface area contributed by atoms with Gasteiger partial charge in [0, 0.05) is 19.6 Å². The van der Waals surface area contributed by atoms with Crippen LogP contribution in [0.4, 0.5) is 0 Å². The van der Waals surface area contributed by atoms with Crippen LogP contribution in [0.3, 0.4) is 0 Å². The molecule has 0 amide bonds. The molecule has 0 atom stereocenters. The van der Waals surface area contributed by atoms with Crippen molar-refractivity contribution in [1.82, 2.24) is 9.97 Å². The molecule has 30 heavy (non-hydrogen) atoms. The van der Waals surface area contributed by atoms with E-state index >= 15 is 0 Å². The lowest BCUT2D eigenvalue weighted by molar-refractivity contribution is 0.397. The summed E-state index contributed by atoms with van der Waals surface area (Å²) in [6, 6.07) is 20.1. The van der Waals surface area contributed by atoms with Gasteiger partial charge in [-0.3, -0.25) is 0 Å². The first-order valence-corrected chi connectivity index (χ1v) is 10.8. The second-order valence-corrected chi connectivity index (χ2v) is 8.46. The Morgan fingerprint density at radius 2 is 1.10 bits per heavy atom. The van der Waals surface area contributed by atoms with Gasteiger partial charge in [-0.2, -0.15) is 0 Å². The van der Waals surface area contributed by atoms with Crippen molar-refractivity contribution < 1.29 is 14.2 Å². The number of aromatic nitrogens is 2. The van der Waals surface area contributed by atoms with Crippen LogP contribution >= 0.6 is 23.5 Å². The molecular weight excluding hydrogens is 416 g/mol. The first-order chi connectivity index (χ1) is 14.7. The Bertz CT molecular complexity index is 1150. The minimum atomic E-state index is 0.491. The fourth-order valence-electron chi connectivity index (χ4n) is 2.84. The fourth-order valence-corrected chi connectivity index (χ4v) is 4.65. The minimum absolute atomic E-state index is 0.491. The lowest BCUT2D eigenvalue weighted by atomic mass is 10.3. The van der Waals surface area contributed by atoms with Gasteiger partial charge in [0.25, 0.3) is 0 Å². The number of rotatable bonds is 7. The Morgan fingerprint density at radius 3 is 1.57 bits per heavy atom. The highest BCUT2D eigenvalue weighted by Crippen LogP contribution is 2.39. The molecule has 7 heteroatoms. The van der Waals surface area contributed by atoms with Gasteiger partial charge in [0.05, 0.1) is 27.5 Å². The molecule has 5 nitrogen and oxygen atoms in total. The summed E-state index contributed by atoms with van der Waals surface area (Å²) in [5.74, 6) is 2.16. The van der Waals surface area contributed by atoms with Gasteiger partial charge in [-0.25, -0.2) is 9.97 Å². The number of hydrogen-bond acceptors (Lipinski definition) is 7. The van der Waals surface area contributed by atoms with Crippen molar-refractivity contribution in [3.05, 3.63) is 66.9 Å². The SMILES string of the molecule is COc1ccc(Sc2ccc(Sc3ccc(OC)cc3)c3nc(OC)cnc23)cc1. The van der Waals surface area contributed by atoms with Crippen LogP contribution < -0.4 is 14.2 Å². The van der Waals surface area contributed by atoms with Crippen molar-refractivity contribution in [2.24, 2.45) is 0 Å². The highest BCUT2D eigenvalue weighted by molar-refractivity contribution is 8.00. The fraction of sp³-hybridized carbons (Fsp3) is 0.130. The van der Waals surface area contributed by atoms with Gasteiger partial charge in [-0.05, 0) is 60.7 Å². The van der Waals surface area contributed by atoms with E-state index in [0.717, 1.165) is 42.1 Å². The molecule has 4 rings (SSSR count). The van der Waals surface area contributed by atoms with Gasteiger partial charge in [-0.1, -0.05) is 23.5 Å². The van der Waals surface area contributed by atoms with E-state index < -0.39 is 0 Å². The number of fused-ring (bicyclic) bond motifs is 1. The summed E-state index contributed by atoms with van der Waals surface area (Å²) in [5, 5.41) is 0. The summed E-state index contributed by atoms with van der Waals surface area (Å²) in [5.41, 5.74) is 1.66. The van der Waals surface area contributed by atoms with Crippen molar-refractivity contribution in [3.8, 4) is 17.4 Å². The summed E-state index contributed by atoms with van der Waals surface area (Å²) in [6.07, 6.45) is 1.66. The van der Waals surface area contributed by atoms with Gasteiger partial charge in [-0.15, -0.1) is 0 Å². The standard InChI is InChI=1S/C23H20N2O3S2/c1-26-15-4-8-17(9-5-15)29-19-12-13-20(23-22(19)24-14-21(25-23)28-3)30-18-10-6-16(27-2)7-11-18/h4-14H,1-3H3. The largest absolute Gasteiger partial charge is 0.497 e. The number of ether oxygens (including phenoxy) is 3. The predicted molar refractivity (Wildman–Crippen MR) is 120 cm³/mol. The first kappa shape index (κ1) is 20.4. The number of benzene rings is 3. The summed E-state index contributed by atoms with van der Waals surface area (Å²) in [7, 11) is 4.93. The first-order valence-electron chi connectivity index (χ1n) is 9.17. The lowest BCUT2D eigenvalue weighted by Gasteiger charge is -2.11. The molecular formula is C23H20N2O3S2. The smallest absolute Gasteiger partial charge is 0.232 e. The molecule has 0 aliphatic rings. The van der Waals surface area contributed by atoms with Gasteiger partial charge in [0.2, 0.25) is 5.88 Å². The average Bonchev–Trinajstić information content (AvgIpc) is 2.81. The van der Waals surface area contributed by atoms with Crippen molar-refractivity contribution in [2.45, 2.75) is 19.6 Å². The molecule has 0 N–H and O–H groups in total. The summed E-state index contributed by atoms with van der Waals surface area (Å²) >= 11 is 3.28. The normalized spacial score (nSPS) is 10.8. The van der Waals surface area contributed by atoms with E-state index in [1.54, 1.807) is 51.1 Å². The van der Waals surface area contributed by atoms with Gasteiger partial charge in [0.15, 0.2) is 0 Å². The van der Waals surface area contributed by atoms with E-state index in [1.807, 2.05) is 48.5 Å². The molecule has 3 aromatic carbocycles. The second-order valence-electron chi connectivity index (χ2n) is 6.23. The molecule has 0 fully saturated rings. The average molecular weight is 437 g/mol. The third kappa shape index (κ3) is 4.47. The topological polar surface area (TPSA) is 53.5 Å². The molecule has 0 bridgehead atoms. The Hall–Kier alpha value is -2.90. The Balaban J connectivity index is 1.71. The molecule has 0 saturated carbocycles. The van der Waals surface area contributed by atoms with E-state index in [-0.39, 0.29) is 0 Å². The van der Waals surface area contributed by atoms with E-state index in [2.05, 4.69) is 22.1 Å². The van der Waals surface area contributed by atoms with Crippen molar-refractivity contribution in [1.29, 1.82) is 0 Å². The minimum Gasteiger partial charge on any atom is -0.497 e. The Morgan fingerprint density at radius 1 is 0.600 bits per heavy atom. The lowest BCUT2D eigenvalue weighted by Crippen LogP contribution is -1.94. The van der Waals surface area contributed by atoms with Crippen LogP contribution in [0.25, 0.3) is 11.0 Å². The predicted octanol–water partition coefficient (Wildman–Crippen LogP) is 5.96. The van der Waals surface area contributed by atoms with Crippen LogP contribution in [0.5, 0.6) is 17.4 Å². The highest BCUT2D eigenvalue weighted by atomic mass is 32.2. The van der Waals surface area contributed by atoms with E-state index in [0.29, 0.717) is 5.88 Å². The number of nitrogens with zero attached hydrogens (tertiary/aromatic N) is 2. The van der Waals surface area contributed by atoms with Gasteiger partial charge in [0.1, 0.15) is 22.5 Å². The van der Waals surface area contributed by atoms with Crippen molar-refractivity contribution in [3.63, 3.8) is 0 Å². The van der Waals surface area contributed by atoms with Gasteiger partial charge < -0.3 is 14.2 Å². The third-order valence-electron chi connectivity index (χ3n) is 4.39.